The van der Waals surface area contributed by atoms with E-state index in [1.54, 1.807) is 0 Å². The molecule has 21 heavy (non-hydrogen) atoms. The fraction of sp³-hybridized carbons (Fsp3) is 0.429. The van der Waals surface area contributed by atoms with E-state index in [0.717, 1.165) is 24.3 Å². The van der Waals surface area contributed by atoms with Gasteiger partial charge in [-0.1, -0.05) is 0 Å². The van der Waals surface area contributed by atoms with Gasteiger partial charge in [-0.2, -0.15) is 0 Å². The number of nitrogens with one attached hydrogen (secondary N) is 1. The zero-order chi connectivity index (χ0) is 14.5. The second-order valence-corrected chi connectivity index (χ2v) is 5.10. The van der Waals surface area contributed by atoms with Crippen molar-refractivity contribution in [3.8, 4) is 5.75 Å². The smallest absolute Gasteiger partial charge is 0.246 e. The van der Waals surface area contributed by atoms with E-state index in [0.29, 0.717) is 6.10 Å². The van der Waals surface area contributed by atoms with E-state index in [2.05, 4.69) is 20.8 Å². The average molecular weight is 287 g/mol. The molecule has 0 spiro atoms. The van der Waals surface area contributed by atoms with Crippen LogP contribution >= 0.6 is 0 Å². The van der Waals surface area contributed by atoms with Gasteiger partial charge in [-0.05, 0) is 60.4 Å². The summed E-state index contributed by atoms with van der Waals surface area (Å²) in [5, 5.41) is 13.4. The molecule has 1 aromatic heterocycles. The Morgan fingerprint density at radius 1 is 1.29 bits per heavy atom. The largest absolute Gasteiger partial charge is 0.490 e. The Labute approximate surface area is 122 Å². The molecule has 0 radical (unpaired) electrons. The summed E-state index contributed by atoms with van der Waals surface area (Å²) in [5.74, 6) is 0.673. The summed E-state index contributed by atoms with van der Waals surface area (Å²) in [6.07, 6.45) is 6.49. The third-order valence-electron chi connectivity index (χ3n) is 3.44. The van der Waals surface area contributed by atoms with Crippen LogP contribution in [0.15, 0.2) is 30.6 Å². The fourth-order valence-electron chi connectivity index (χ4n) is 2.42. The minimum atomic E-state index is -0.174. The number of hydrogen-bond acceptors (Lipinski definition) is 5. The van der Waals surface area contributed by atoms with Crippen molar-refractivity contribution in [3.63, 3.8) is 0 Å². The van der Waals surface area contributed by atoms with E-state index < -0.39 is 0 Å². The molecule has 1 aromatic carbocycles. The quantitative estimate of drug-likeness (QED) is 0.904. The van der Waals surface area contributed by atoms with E-state index in [9.17, 15) is 4.79 Å². The molecule has 110 valence electrons. The molecule has 1 aliphatic carbocycles. The molecule has 1 amide bonds. The number of ether oxygens (including phenoxy) is 1. The first kappa shape index (κ1) is 13.5. The number of anilines is 1. The van der Waals surface area contributed by atoms with Crippen LogP contribution in [0, 0.1) is 0 Å². The Balaban J connectivity index is 1.52. The molecule has 0 aliphatic heterocycles. The highest BCUT2D eigenvalue weighted by Gasteiger charge is 2.16. The van der Waals surface area contributed by atoms with Crippen molar-refractivity contribution in [3.05, 3.63) is 30.6 Å². The Morgan fingerprint density at radius 3 is 2.71 bits per heavy atom. The van der Waals surface area contributed by atoms with E-state index in [-0.39, 0.29) is 12.5 Å². The van der Waals surface area contributed by atoms with Crippen LogP contribution in [-0.4, -0.2) is 32.2 Å². The molecule has 0 atom stereocenters. The summed E-state index contributed by atoms with van der Waals surface area (Å²) >= 11 is 0. The highest BCUT2D eigenvalue weighted by atomic mass is 16.5. The van der Waals surface area contributed by atoms with Gasteiger partial charge in [0.05, 0.1) is 6.10 Å². The van der Waals surface area contributed by atoms with Gasteiger partial charge in [0.25, 0.3) is 0 Å². The van der Waals surface area contributed by atoms with E-state index >= 15 is 0 Å². The molecule has 0 bridgehead atoms. The second-order valence-electron chi connectivity index (χ2n) is 5.10. The lowest BCUT2D eigenvalue weighted by atomic mass is 10.2. The maximum atomic E-state index is 11.8. The SMILES string of the molecule is O=C(Cn1cnnn1)Nc1ccc(OC2CCCC2)cc1. The number of hydrogen-bond donors (Lipinski definition) is 1. The molecule has 1 fully saturated rings. The van der Waals surface area contributed by atoms with E-state index in [1.807, 2.05) is 24.3 Å². The van der Waals surface area contributed by atoms with E-state index in [4.69, 9.17) is 4.74 Å². The van der Waals surface area contributed by atoms with Crippen molar-refractivity contribution in [1.82, 2.24) is 20.2 Å². The van der Waals surface area contributed by atoms with Crippen LogP contribution in [0.25, 0.3) is 0 Å². The molecule has 1 saturated carbocycles. The normalized spacial score (nSPS) is 15.0. The molecule has 0 saturated heterocycles. The van der Waals surface area contributed by atoms with Crippen molar-refractivity contribution >= 4 is 11.6 Å². The second kappa shape index (κ2) is 6.34. The molecule has 1 aliphatic rings. The maximum absolute atomic E-state index is 11.8. The number of amides is 1. The average Bonchev–Trinajstić information content (AvgIpc) is 3.14. The lowest BCUT2D eigenvalue weighted by molar-refractivity contribution is -0.116. The van der Waals surface area contributed by atoms with Gasteiger partial charge >= 0.3 is 0 Å². The fourth-order valence-corrected chi connectivity index (χ4v) is 2.42. The summed E-state index contributed by atoms with van der Waals surface area (Å²) in [4.78, 5) is 11.8. The number of tetrazole rings is 1. The summed E-state index contributed by atoms with van der Waals surface area (Å²) in [5.41, 5.74) is 0.729. The van der Waals surface area contributed by atoms with Crippen LogP contribution in [0.2, 0.25) is 0 Å². The number of aromatic nitrogens is 4. The van der Waals surface area contributed by atoms with Crippen molar-refractivity contribution < 1.29 is 9.53 Å². The van der Waals surface area contributed by atoms with E-state index in [1.165, 1.54) is 23.9 Å². The van der Waals surface area contributed by atoms with Gasteiger partial charge in [-0.3, -0.25) is 4.79 Å². The van der Waals surface area contributed by atoms with Gasteiger partial charge in [-0.15, -0.1) is 5.10 Å². The van der Waals surface area contributed by atoms with Gasteiger partial charge < -0.3 is 10.1 Å². The van der Waals surface area contributed by atoms with Crippen molar-refractivity contribution in [2.45, 2.75) is 38.3 Å². The van der Waals surface area contributed by atoms with Crippen molar-refractivity contribution in [2.24, 2.45) is 0 Å². The number of nitrogens with zero attached hydrogens (tertiary/aromatic N) is 4. The molecule has 0 unspecified atom stereocenters. The number of carbonyl (C=O) groups is 1. The minimum Gasteiger partial charge on any atom is -0.490 e. The monoisotopic (exact) mass is 287 g/mol. The number of rotatable bonds is 5. The molecular weight excluding hydrogens is 270 g/mol. The zero-order valence-electron chi connectivity index (χ0n) is 11.6. The van der Waals surface area contributed by atoms with Gasteiger partial charge in [0, 0.05) is 5.69 Å². The van der Waals surface area contributed by atoms with Crippen LogP contribution in [0.4, 0.5) is 5.69 Å². The third-order valence-corrected chi connectivity index (χ3v) is 3.44. The van der Waals surface area contributed by atoms with Crippen LogP contribution in [0.5, 0.6) is 5.75 Å². The molecule has 1 N–H and O–H groups in total. The Kier molecular flexibility index (Phi) is 4.09. The van der Waals surface area contributed by atoms with Crippen molar-refractivity contribution in [2.75, 3.05) is 5.32 Å². The molecule has 2 aromatic rings. The maximum Gasteiger partial charge on any atom is 0.246 e. The molecule has 3 rings (SSSR count). The van der Waals surface area contributed by atoms with Gasteiger partial charge in [0.15, 0.2) is 0 Å². The zero-order valence-corrected chi connectivity index (χ0v) is 11.6. The Hall–Kier alpha value is -2.44. The van der Waals surface area contributed by atoms with Gasteiger partial charge in [-0.25, -0.2) is 4.68 Å². The first-order chi connectivity index (χ1) is 10.3. The number of carbonyl (C=O) groups excluding carboxylic acids is 1. The van der Waals surface area contributed by atoms with Crippen LogP contribution < -0.4 is 10.1 Å². The molecular formula is C14H17N5O2. The highest BCUT2D eigenvalue weighted by Crippen LogP contribution is 2.24. The van der Waals surface area contributed by atoms with Gasteiger partial charge in [0.2, 0.25) is 5.91 Å². The van der Waals surface area contributed by atoms with Gasteiger partial charge in [0.1, 0.15) is 18.6 Å². The highest BCUT2D eigenvalue weighted by molar-refractivity contribution is 5.90. The van der Waals surface area contributed by atoms with Crippen LogP contribution in [0.1, 0.15) is 25.7 Å². The predicted octanol–water partition coefficient (Wildman–Crippen LogP) is 1.63. The third kappa shape index (κ3) is 3.77. The molecule has 7 nitrogen and oxygen atoms in total. The Bertz CT molecular complexity index is 576. The first-order valence-electron chi connectivity index (χ1n) is 7.07. The Morgan fingerprint density at radius 2 is 2.05 bits per heavy atom. The minimum absolute atomic E-state index is 0.0906. The van der Waals surface area contributed by atoms with Crippen LogP contribution in [0.3, 0.4) is 0 Å². The standard InChI is InChI=1S/C14H17N5O2/c20-14(9-19-10-15-17-18-19)16-11-5-7-13(8-6-11)21-12-3-1-2-4-12/h5-8,10,12H,1-4,9H2,(H,16,20). The lowest BCUT2D eigenvalue weighted by Crippen LogP contribution is -2.19. The summed E-state index contributed by atoms with van der Waals surface area (Å²) in [6, 6.07) is 7.43. The molecule has 1 heterocycles. The topological polar surface area (TPSA) is 81.9 Å². The lowest BCUT2D eigenvalue weighted by Gasteiger charge is -2.13. The summed E-state index contributed by atoms with van der Waals surface area (Å²) in [6.45, 7) is 0.0906. The first-order valence-corrected chi connectivity index (χ1v) is 7.07. The number of benzene rings is 1. The van der Waals surface area contributed by atoms with Crippen molar-refractivity contribution in [1.29, 1.82) is 0 Å². The summed E-state index contributed by atoms with van der Waals surface area (Å²) in [7, 11) is 0. The summed E-state index contributed by atoms with van der Waals surface area (Å²) < 4.78 is 7.25. The predicted molar refractivity (Wildman–Crippen MR) is 75.8 cm³/mol. The van der Waals surface area contributed by atoms with Crippen LogP contribution in [-0.2, 0) is 11.3 Å². The molecule has 7 heteroatoms.